The molecule has 2 nitrogen and oxygen atoms in total. The Kier molecular flexibility index (Phi) is 3.99. The minimum atomic E-state index is -4.35. The van der Waals surface area contributed by atoms with E-state index in [9.17, 15) is 13.2 Å². The first-order valence-electron chi connectivity index (χ1n) is 3.67. The summed E-state index contributed by atoms with van der Waals surface area (Å²) in [6, 6.07) is 0. The summed E-state index contributed by atoms with van der Waals surface area (Å²) in [5.74, 6) is 0. The second-order valence-corrected chi connectivity index (χ2v) is 3.12. The Morgan fingerprint density at radius 1 is 1.25 bits per heavy atom. The van der Waals surface area contributed by atoms with Crippen molar-refractivity contribution in [2.45, 2.75) is 38.0 Å². The number of aliphatic hydroxyl groups is 2. The normalized spacial score (nSPS) is 17.5. The molecule has 74 valence electrons. The molecule has 2 N–H and O–H groups in total. The molecule has 0 saturated carbocycles. The molecule has 0 aromatic rings. The van der Waals surface area contributed by atoms with Crippen molar-refractivity contribution < 1.29 is 23.4 Å². The number of rotatable bonds is 4. The molecular formula is C7H13F3O2. The van der Waals surface area contributed by atoms with Gasteiger partial charge in [0, 0.05) is 6.61 Å². The number of hydrogen-bond acceptors (Lipinski definition) is 2. The van der Waals surface area contributed by atoms with Gasteiger partial charge in [0.25, 0.3) is 0 Å². The fraction of sp³-hybridized carbons (Fsp3) is 1.00. The lowest BCUT2D eigenvalue weighted by molar-refractivity contribution is -0.174. The van der Waals surface area contributed by atoms with Crippen LogP contribution in [0.4, 0.5) is 13.2 Å². The summed E-state index contributed by atoms with van der Waals surface area (Å²) in [6.45, 7) is 0.921. The van der Waals surface area contributed by atoms with Gasteiger partial charge in [0.05, 0.1) is 12.0 Å². The van der Waals surface area contributed by atoms with Crippen LogP contribution >= 0.6 is 0 Å². The maximum absolute atomic E-state index is 11.8. The van der Waals surface area contributed by atoms with Crippen molar-refractivity contribution in [2.75, 3.05) is 6.61 Å². The predicted octanol–water partition coefficient (Wildman–Crippen LogP) is 1.46. The molecule has 1 unspecified atom stereocenters. The third-order valence-corrected chi connectivity index (χ3v) is 1.45. The van der Waals surface area contributed by atoms with E-state index in [1.807, 2.05) is 0 Å². The van der Waals surface area contributed by atoms with Gasteiger partial charge >= 0.3 is 6.18 Å². The molecule has 0 bridgehead atoms. The van der Waals surface area contributed by atoms with Crippen LogP contribution in [0.2, 0.25) is 0 Å². The lowest BCUT2D eigenvalue weighted by atomic mass is 9.96. The van der Waals surface area contributed by atoms with E-state index in [2.05, 4.69) is 0 Å². The van der Waals surface area contributed by atoms with Crippen LogP contribution in [0.1, 0.15) is 26.2 Å². The van der Waals surface area contributed by atoms with E-state index in [0.29, 0.717) is 0 Å². The quantitative estimate of drug-likeness (QED) is 0.697. The van der Waals surface area contributed by atoms with Crippen LogP contribution in [-0.2, 0) is 0 Å². The van der Waals surface area contributed by atoms with Crippen molar-refractivity contribution in [3.8, 4) is 0 Å². The third kappa shape index (κ3) is 6.42. The topological polar surface area (TPSA) is 40.5 Å². The van der Waals surface area contributed by atoms with Crippen LogP contribution in [0.15, 0.2) is 0 Å². The van der Waals surface area contributed by atoms with E-state index in [0.717, 1.165) is 6.92 Å². The monoisotopic (exact) mass is 186 g/mol. The van der Waals surface area contributed by atoms with Gasteiger partial charge in [0.2, 0.25) is 0 Å². The molecule has 0 rings (SSSR count). The van der Waals surface area contributed by atoms with Crippen LogP contribution in [0.25, 0.3) is 0 Å². The van der Waals surface area contributed by atoms with E-state index in [-0.39, 0.29) is 19.4 Å². The van der Waals surface area contributed by atoms with Gasteiger partial charge in [-0.2, -0.15) is 13.2 Å². The second kappa shape index (κ2) is 4.09. The molecule has 0 aliphatic rings. The van der Waals surface area contributed by atoms with E-state index in [1.165, 1.54) is 0 Å². The summed E-state index contributed by atoms with van der Waals surface area (Å²) in [5, 5.41) is 17.5. The zero-order chi connectivity index (χ0) is 9.83. The summed E-state index contributed by atoms with van der Waals surface area (Å²) >= 11 is 0. The van der Waals surface area contributed by atoms with Gasteiger partial charge in [-0.1, -0.05) is 0 Å². The molecule has 0 amide bonds. The van der Waals surface area contributed by atoms with Crippen molar-refractivity contribution in [3.63, 3.8) is 0 Å². The lowest BCUT2D eigenvalue weighted by Gasteiger charge is -2.23. The van der Waals surface area contributed by atoms with Gasteiger partial charge in [0.1, 0.15) is 0 Å². The summed E-state index contributed by atoms with van der Waals surface area (Å²) in [4.78, 5) is 0. The van der Waals surface area contributed by atoms with Crippen LogP contribution < -0.4 is 0 Å². The number of aliphatic hydroxyl groups excluding tert-OH is 1. The van der Waals surface area contributed by atoms with Crippen LogP contribution in [0, 0.1) is 0 Å². The fourth-order valence-corrected chi connectivity index (χ4v) is 0.980. The largest absolute Gasteiger partial charge is 0.396 e. The molecule has 0 fully saturated rings. The highest BCUT2D eigenvalue weighted by atomic mass is 19.4. The molecule has 0 saturated heterocycles. The number of halogens is 3. The lowest BCUT2D eigenvalue weighted by Crippen LogP contribution is -2.31. The fourth-order valence-electron chi connectivity index (χ4n) is 0.980. The summed E-state index contributed by atoms with van der Waals surface area (Å²) < 4.78 is 35.3. The Morgan fingerprint density at radius 2 is 1.75 bits per heavy atom. The molecule has 12 heavy (non-hydrogen) atoms. The highest BCUT2D eigenvalue weighted by Crippen LogP contribution is 2.29. The van der Waals surface area contributed by atoms with E-state index < -0.39 is 18.2 Å². The van der Waals surface area contributed by atoms with Crippen molar-refractivity contribution >= 4 is 0 Å². The van der Waals surface area contributed by atoms with Gasteiger partial charge in [-0.25, -0.2) is 0 Å². The molecule has 0 aromatic carbocycles. The average molecular weight is 186 g/mol. The zero-order valence-electron chi connectivity index (χ0n) is 6.86. The van der Waals surface area contributed by atoms with Crippen LogP contribution in [-0.4, -0.2) is 28.6 Å². The highest BCUT2D eigenvalue weighted by Gasteiger charge is 2.37. The Bertz CT molecular complexity index is 131. The summed E-state index contributed by atoms with van der Waals surface area (Å²) in [7, 11) is 0. The Balaban J connectivity index is 3.86. The highest BCUT2D eigenvalue weighted by molar-refractivity contribution is 4.75. The average Bonchev–Trinajstić information content (AvgIpc) is 1.78. The summed E-state index contributed by atoms with van der Waals surface area (Å²) in [5.41, 5.74) is -1.75. The number of alkyl halides is 3. The van der Waals surface area contributed by atoms with Gasteiger partial charge < -0.3 is 10.2 Å². The molecule has 1 atom stereocenters. The molecule has 0 heterocycles. The minimum Gasteiger partial charge on any atom is -0.396 e. The molecule has 0 radical (unpaired) electrons. The first-order valence-corrected chi connectivity index (χ1v) is 3.67. The SMILES string of the molecule is CC(O)(CCCO)CC(F)(F)F. The van der Waals surface area contributed by atoms with Crippen LogP contribution in [0.3, 0.4) is 0 Å². The minimum absolute atomic E-state index is 0.0387. The van der Waals surface area contributed by atoms with Crippen molar-refractivity contribution in [1.82, 2.24) is 0 Å². The molecule has 0 aromatic heterocycles. The van der Waals surface area contributed by atoms with Gasteiger partial charge in [0.15, 0.2) is 0 Å². The van der Waals surface area contributed by atoms with Crippen molar-refractivity contribution in [1.29, 1.82) is 0 Å². The van der Waals surface area contributed by atoms with Gasteiger partial charge in [-0.15, -0.1) is 0 Å². The Morgan fingerprint density at radius 3 is 2.08 bits per heavy atom. The predicted molar refractivity (Wildman–Crippen MR) is 37.6 cm³/mol. The second-order valence-electron chi connectivity index (χ2n) is 3.12. The van der Waals surface area contributed by atoms with E-state index in [4.69, 9.17) is 10.2 Å². The molecule has 5 heteroatoms. The summed E-state index contributed by atoms with van der Waals surface area (Å²) in [6.07, 6.45) is -5.43. The third-order valence-electron chi connectivity index (χ3n) is 1.45. The smallest absolute Gasteiger partial charge is 0.391 e. The van der Waals surface area contributed by atoms with Gasteiger partial charge in [-0.3, -0.25) is 0 Å². The van der Waals surface area contributed by atoms with Crippen molar-refractivity contribution in [2.24, 2.45) is 0 Å². The molecular weight excluding hydrogens is 173 g/mol. The van der Waals surface area contributed by atoms with E-state index >= 15 is 0 Å². The first kappa shape index (κ1) is 11.7. The zero-order valence-corrected chi connectivity index (χ0v) is 6.86. The molecule has 0 spiro atoms. The van der Waals surface area contributed by atoms with E-state index in [1.54, 1.807) is 0 Å². The van der Waals surface area contributed by atoms with Crippen LogP contribution in [0.5, 0.6) is 0 Å². The van der Waals surface area contributed by atoms with Gasteiger partial charge in [-0.05, 0) is 19.8 Å². The Labute approximate surface area is 69.0 Å². The van der Waals surface area contributed by atoms with Crippen molar-refractivity contribution in [3.05, 3.63) is 0 Å². The Hall–Kier alpha value is -0.290. The molecule has 0 aliphatic heterocycles. The standard InChI is InChI=1S/C7H13F3O2/c1-6(12,3-2-4-11)5-7(8,9)10/h11-12H,2-5H2,1H3. The molecule has 0 aliphatic carbocycles. The first-order chi connectivity index (χ1) is 5.27. The number of hydrogen-bond donors (Lipinski definition) is 2. The maximum atomic E-state index is 11.8. The maximum Gasteiger partial charge on any atom is 0.391 e.